The zero-order valence-corrected chi connectivity index (χ0v) is 31.0. The van der Waals surface area contributed by atoms with E-state index in [4.69, 9.17) is 0 Å². The smallest absolute Gasteiger partial charge is 0.0159 e. The van der Waals surface area contributed by atoms with Crippen LogP contribution in [0.1, 0.15) is 25.0 Å². The predicted octanol–water partition coefficient (Wildman–Crippen LogP) is 15.3. The molecule has 0 atom stereocenters. The molecular weight excluding hydrogens is 661 g/mol. The van der Waals surface area contributed by atoms with Crippen molar-refractivity contribution < 1.29 is 0 Å². The van der Waals surface area contributed by atoms with E-state index in [1.54, 1.807) is 0 Å². The Morgan fingerprint density at radius 2 is 0.818 bits per heavy atom. The molecule has 0 nitrogen and oxygen atoms in total. The topological polar surface area (TPSA) is 0 Å². The molecule has 0 aliphatic heterocycles. The molecule has 10 aromatic carbocycles. The standard InChI is InChI=1S/C55H38/c1-55(2)51-24-10-9-20-45(51)46-29-28-42(34-52(46)55)54-48-22-8-7-21-47(48)53(41-18-11-17-38(32-41)39-26-25-35-13-3-4-15-37(35)31-39)49-30-27-40(33-50(49)54)44-23-12-16-36-14-5-6-19-43(36)44/h3-34H,1-2H3. The lowest BCUT2D eigenvalue weighted by Crippen LogP contribution is -2.14. The van der Waals surface area contributed by atoms with E-state index in [0.717, 1.165) is 0 Å². The minimum absolute atomic E-state index is 0.0925. The third-order valence-electron chi connectivity index (χ3n) is 12.2. The summed E-state index contributed by atoms with van der Waals surface area (Å²) in [5.74, 6) is 0. The molecule has 10 aromatic rings. The van der Waals surface area contributed by atoms with Crippen LogP contribution >= 0.6 is 0 Å². The molecule has 0 saturated carbocycles. The van der Waals surface area contributed by atoms with E-state index in [1.807, 2.05) is 0 Å². The largest absolute Gasteiger partial charge is 0.0619 e. The summed E-state index contributed by atoms with van der Waals surface area (Å²) in [6, 6.07) is 72.4. The van der Waals surface area contributed by atoms with Gasteiger partial charge in [0.05, 0.1) is 0 Å². The van der Waals surface area contributed by atoms with Crippen molar-refractivity contribution in [3.05, 3.63) is 205 Å². The van der Waals surface area contributed by atoms with Crippen LogP contribution in [-0.4, -0.2) is 0 Å². The van der Waals surface area contributed by atoms with Crippen LogP contribution in [-0.2, 0) is 5.41 Å². The second-order valence-corrected chi connectivity index (χ2v) is 15.7. The molecule has 0 aromatic heterocycles. The van der Waals surface area contributed by atoms with Crippen molar-refractivity contribution in [1.29, 1.82) is 0 Å². The van der Waals surface area contributed by atoms with Crippen molar-refractivity contribution in [2.24, 2.45) is 0 Å². The molecule has 0 fully saturated rings. The number of benzene rings is 10. The molecule has 0 spiro atoms. The zero-order chi connectivity index (χ0) is 36.7. The van der Waals surface area contributed by atoms with Crippen LogP contribution < -0.4 is 0 Å². The van der Waals surface area contributed by atoms with E-state index in [9.17, 15) is 0 Å². The Hall–Kier alpha value is -6.76. The fraction of sp³-hybridized carbons (Fsp3) is 0.0545. The van der Waals surface area contributed by atoms with Gasteiger partial charge in [-0.2, -0.15) is 0 Å². The third-order valence-corrected chi connectivity index (χ3v) is 12.2. The number of fused-ring (bicyclic) bond motifs is 7. The summed E-state index contributed by atoms with van der Waals surface area (Å²) in [5, 5.41) is 10.1. The quantitative estimate of drug-likeness (QED) is 0.161. The van der Waals surface area contributed by atoms with Gasteiger partial charge in [-0.25, -0.2) is 0 Å². The van der Waals surface area contributed by atoms with Crippen LogP contribution in [0.2, 0.25) is 0 Å². The van der Waals surface area contributed by atoms with Crippen molar-refractivity contribution in [2.75, 3.05) is 0 Å². The maximum atomic E-state index is 2.49. The van der Waals surface area contributed by atoms with Gasteiger partial charge >= 0.3 is 0 Å². The van der Waals surface area contributed by atoms with Gasteiger partial charge < -0.3 is 0 Å². The number of rotatable bonds is 4. The van der Waals surface area contributed by atoms with Gasteiger partial charge in [0.25, 0.3) is 0 Å². The van der Waals surface area contributed by atoms with E-state index in [-0.39, 0.29) is 5.41 Å². The van der Waals surface area contributed by atoms with Gasteiger partial charge in [-0.15, -0.1) is 0 Å². The number of hydrogen-bond donors (Lipinski definition) is 0. The van der Waals surface area contributed by atoms with Crippen molar-refractivity contribution >= 4 is 43.1 Å². The second-order valence-electron chi connectivity index (χ2n) is 15.7. The predicted molar refractivity (Wildman–Crippen MR) is 236 cm³/mol. The van der Waals surface area contributed by atoms with E-state index in [1.165, 1.54) is 110 Å². The van der Waals surface area contributed by atoms with Crippen LogP contribution in [0.15, 0.2) is 194 Å². The molecule has 1 aliphatic carbocycles. The lowest BCUT2D eigenvalue weighted by molar-refractivity contribution is 0.660. The van der Waals surface area contributed by atoms with Gasteiger partial charge in [-0.05, 0) is 134 Å². The van der Waals surface area contributed by atoms with Crippen molar-refractivity contribution in [3.63, 3.8) is 0 Å². The highest BCUT2D eigenvalue weighted by atomic mass is 14.4. The van der Waals surface area contributed by atoms with Crippen molar-refractivity contribution in [1.82, 2.24) is 0 Å². The average molecular weight is 699 g/mol. The summed E-state index contributed by atoms with van der Waals surface area (Å²) in [4.78, 5) is 0. The molecule has 0 heteroatoms. The maximum Gasteiger partial charge on any atom is 0.0159 e. The Morgan fingerprint density at radius 1 is 0.273 bits per heavy atom. The lowest BCUT2D eigenvalue weighted by Gasteiger charge is -2.23. The van der Waals surface area contributed by atoms with Gasteiger partial charge in [-0.3, -0.25) is 0 Å². The van der Waals surface area contributed by atoms with Crippen molar-refractivity contribution in [3.8, 4) is 55.6 Å². The highest BCUT2D eigenvalue weighted by Gasteiger charge is 2.35. The molecule has 0 radical (unpaired) electrons. The molecule has 258 valence electrons. The van der Waals surface area contributed by atoms with E-state index in [2.05, 4.69) is 208 Å². The Kier molecular flexibility index (Phi) is 7.00. The molecule has 0 unspecified atom stereocenters. The van der Waals surface area contributed by atoms with Crippen LogP contribution in [0.25, 0.3) is 98.7 Å². The molecule has 0 bridgehead atoms. The minimum Gasteiger partial charge on any atom is -0.0619 e. The second kappa shape index (κ2) is 12.1. The van der Waals surface area contributed by atoms with Crippen LogP contribution in [0.4, 0.5) is 0 Å². The summed E-state index contributed by atoms with van der Waals surface area (Å²) in [7, 11) is 0. The van der Waals surface area contributed by atoms with Gasteiger partial charge in [0, 0.05) is 5.41 Å². The molecule has 0 saturated heterocycles. The molecule has 55 heavy (non-hydrogen) atoms. The SMILES string of the molecule is CC1(C)c2ccccc2-c2ccc(-c3c4ccccc4c(-c4cccc(-c5ccc6ccccc6c5)c4)c4ccc(-c5cccc6ccccc56)cc34)cc21. The molecule has 0 amide bonds. The van der Waals surface area contributed by atoms with Gasteiger partial charge in [0.15, 0.2) is 0 Å². The Balaban J connectivity index is 1.20. The first-order valence-electron chi connectivity index (χ1n) is 19.3. The Labute approximate surface area is 322 Å². The van der Waals surface area contributed by atoms with Crippen molar-refractivity contribution in [2.45, 2.75) is 19.3 Å². The van der Waals surface area contributed by atoms with Crippen LogP contribution in [0, 0.1) is 0 Å². The first kappa shape index (κ1) is 31.7. The maximum absolute atomic E-state index is 2.49. The minimum atomic E-state index is -0.0925. The summed E-state index contributed by atoms with van der Waals surface area (Å²) in [5.41, 5.74) is 15.4. The molecule has 0 N–H and O–H groups in total. The summed E-state index contributed by atoms with van der Waals surface area (Å²) in [6.45, 7) is 4.75. The molecule has 11 rings (SSSR count). The molecular formula is C55H38. The van der Waals surface area contributed by atoms with Crippen LogP contribution in [0.3, 0.4) is 0 Å². The highest BCUT2D eigenvalue weighted by molar-refractivity contribution is 6.22. The fourth-order valence-electron chi connectivity index (χ4n) is 9.53. The van der Waals surface area contributed by atoms with Gasteiger partial charge in [0.1, 0.15) is 0 Å². The van der Waals surface area contributed by atoms with Crippen LogP contribution in [0.5, 0.6) is 0 Å². The third kappa shape index (κ3) is 4.92. The normalized spacial score (nSPS) is 13.1. The average Bonchev–Trinajstić information content (AvgIpc) is 3.47. The molecule has 0 heterocycles. The lowest BCUT2D eigenvalue weighted by atomic mass is 9.80. The highest BCUT2D eigenvalue weighted by Crippen LogP contribution is 2.52. The van der Waals surface area contributed by atoms with E-state index in [0.29, 0.717) is 0 Å². The van der Waals surface area contributed by atoms with Gasteiger partial charge in [-0.1, -0.05) is 184 Å². The molecule has 1 aliphatic rings. The zero-order valence-electron chi connectivity index (χ0n) is 31.0. The fourth-order valence-corrected chi connectivity index (χ4v) is 9.53. The van der Waals surface area contributed by atoms with E-state index < -0.39 is 0 Å². The van der Waals surface area contributed by atoms with Gasteiger partial charge in [0.2, 0.25) is 0 Å². The Morgan fingerprint density at radius 3 is 1.67 bits per heavy atom. The monoisotopic (exact) mass is 698 g/mol. The Bertz CT molecular complexity index is 3170. The first-order chi connectivity index (χ1) is 27.0. The summed E-state index contributed by atoms with van der Waals surface area (Å²) >= 11 is 0. The van der Waals surface area contributed by atoms with E-state index >= 15 is 0 Å². The first-order valence-corrected chi connectivity index (χ1v) is 19.3. The number of hydrogen-bond acceptors (Lipinski definition) is 0. The summed E-state index contributed by atoms with van der Waals surface area (Å²) in [6.07, 6.45) is 0. The summed E-state index contributed by atoms with van der Waals surface area (Å²) < 4.78 is 0.